The summed E-state index contributed by atoms with van der Waals surface area (Å²) in [6, 6.07) is 12.5. The molecule has 0 aliphatic rings. The zero-order valence-corrected chi connectivity index (χ0v) is 18.6. The van der Waals surface area contributed by atoms with E-state index >= 15 is 0 Å². The molecule has 8 nitrogen and oxygen atoms in total. The summed E-state index contributed by atoms with van der Waals surface area (Å²) in [6.45, 7) is 4.07. The van der Waals surface area contributed by atoms with Gasteiger partial charge in [0, 0.05) is 23.6 Å². The van der Waals surface area contributed by atoms with Gasteiger partial charge in [-0.1, -0.05) is 30.7 Å². The second kappa shape index (κ2) is 13.9. The monoisotopic (exact) mass is 449 g/mol. The van der Waals surface area contributed by atoms with Gasteiger partial charge in [-0.3, -0.25) is 9.59 Å². The number of rotatable bonds is 8. The zero-order chi connectivity index (χ0) is 23.2. The fourth-order valence-electron chi connectivity index (χ4n) is 2.34. The molecule has 0 bridgehead atoms. The molecule has 9 heteroatoms. The van der Waals surface area contributed by atoms with Crippen LogP contribution in [0.25, 0.3) is 0 Å². The molecule has 0 spiro atoms. The second-order valence-corrected chi connectivity index (χ2v) is 6.71. The van der Waals surface area contributed by atoms with Crippen molar-refractivity contribution in [2.24, 2.45) is 5.73 Å². The van der Waals surface area contributed by atoms with Crippen LogP contribution in [0.5, 0.6) is 5.75 Å². The van der Waals surface area contributed by atoms with Gasteiger partial charge in [-0.05, 0) is 48.9 Å². The maximum absolute atomic E-state index is 12.0. The van der Waals surface area contributed by atoms with E-state index in [1.165, 1.54) is 0 Å². The highest BCUT2D eigenvalue weighted by atomic mass is 35.5. The quantitative estimate of drug-likeness (QED) is 0.532. The number of amides is 3. The lowest BCUT2D eigenvalue weighted by Gasteiger charge is -2.16. The van der Waals surface area contributed by atoms with E-state index in [-0.39, 0.29) is 12.4 Å². The van der Waals surface area contributed by atoms with Crippen LogP contribution in [0.15, 0.2) is 48.5 Å². The first-order valence-electron chi connectivity index (χ1n) is 9.69. The molecule has 0 aliphatic carbocycles. The minimum Gasteiger partial charge on any atom is -0.497 e. The van der Waals surface area contributed by atoms with Crippen LogP contribution in [-0.4, -0.2) is 37.7 Å². The van der Waals surface area contributed by atoms with E-state index in [1.807, 2.05) is 12.1 Å². The molecular weight excluding hydrogens is 422 g/mol. The fraction of sp³-hybridized carbons (Fsp3) is 0.318. The van der Waals surface area contributed by atoms with E-state index in [2.05, 4.69) is 15.4 Å². The molecule has 2 aromatic rings. The third-order valence-corrected chi connectivity index (χ3v) is 4.20. The van der Waals surface area contributed by atoms with Gasteiger partial charge in [0.15, 0.2) is 0 Å². The Morgan fingerprint density at radius 3 is 2.10 bits per heavy atom. The van der Waals surface area contributed by atoms with Crippen molar-refractivity contribution < 1.29 is 23.9 Å². The van der Waals surface area contributed by atoms with Crippen LogP contribution in [0, 0.1) is 0 Å². The molecule has 0 radical (unpaired) electrons. The Bertz CT molecular complexity index is 841. The number of hydrogen-bond acceptors (Lipinski definition) is 5. The summed E-state index contributed by atoms with van der Waals surface area (Å²) in [5.74, 6) is -0.0256. The first-order chi connectivity index (χ1) is 14.8. The van der Waals surface area contributed by atoms with Gasteiger partial charge in [0.2, 0.25) is 5.91 Å². The number of primary amides is 1. The highest BCUT2D eigenvalue weighted by Crippen LogP contribution is 2.14. The van der Waals surface area contributed by atoms with Gasteiger partial charge in [0.1, 0.15) is 11.8 Å². The number of nitrogens with one attached hydrogen (secondary N) is 2. The Balaban J connectivity index is 0.000000592. The highest BCUT2D eigenvalue weighted by Gasteiger charge is 2.18. The van der Waals surface area contributed by atoms with E-state index in [0.29, 0.717) is 29.5 Å². The smallest absolute Gasteiger partial charge is 0.319 e. The first kappa shape index (κ1) is 25.8. The van der Waals surface area contributed by atoms with Gasteiger partial charge in [-0.2, -0.15) is 0 Å². The van der Waals surface area contributed by atoms with E-state index in [0.717, 1.165) is 5.56 Å². The molecule has 168 valence electrons. The molecule has 0 aromatic heterocycles. The molecule has 3 amide bonds. The molecule has 2 aromatic carbocycles. The maximum Gasteiger partial charge on any atom is 0.319 e. The van der Waals surface area contributed by atoms with Crippen molar-refractivity contribution in [3.8, 4) is 5.75 Å². The van der Waals surface area contributed by atoms with Gasteiger partial charge < -0.3 is 25.8 Å². The molecule has 4 N–H and O–H groups in total. The Morgan fingerprint density at radius 1 is 1.03 bits per heavy atom. The molecule has 0 aliphatic heterocycles. The summed E-state index contributed by atoms with van der Waals surface area (Å²) < 4.78 is 9.63. The summed E-state index contributed by atoms with van der Waals surface area (Å²) >= 11 is 5.79. The van der Waals surface area contributed by atoms with Gasteiger partial charge >= 0.3 is 12.0 Å². The third kappa shape index (κ3) is 10.4. The number of methoxy groups -OCH3 is 1. The molecule has 0 heterocycles. The van der Waals surface area contributed by atoms with Crippen molar-refractivity contribution in [1.82, 2.24) is 5.32 Å². The van der Waals surface area contributed by atoms with Crippen LogP contribution in [0.4, 0.5) is 10.5 Å². The molecule has 0 fully saturated rings. The van der Waals surface area contributed by atoms with Crippen LogP contribution in [0.2, 0.25) is 5.02 Å². The standard InChI is InChI=1S/C17H18ClN3O3.C5H10O2/c1-24-14-8-2-11(3-9-14)10-15(16(19)22)21-17(23)20-13-6-4-12(18)5-7-13;1-3-5(6)7-4-2/h2-9,15H,10H2,1H3,(H2,19,22)(H2,20,21,23);3-4H2,1-2H3. The van der Waals surface area contributed by atoms with Gasteiger partial charge in [0.05, 0.1) is 13.7 Å². The van der Waals surface area contributed by atoms with Crippen molar-refractivity contribution in [2.75, 3.05) is 19.0 Å². The number of benzene rings is 2. The van der Waals surface area contributed by atoms with Gasteiger partial charge in [0.25, 0.3) is 0 Å². The molecule has 1 atom stereocenters. The number of carbonyl (C=O) groups is 3. The number of carbonyl (C=O) groups excluding carboxylic acids is 3. The van der Waals surface area contributed by atoms with Crippen LogP contribution in [0.1, 0.15) is 25.8 Å². The van der Waals surface area contributed by atoms with Crippen LogP contribution in [-0.2, 0) is 20.7 Å². The highest BCUT2D eigenvalue weighted by molar-refractivity contribution is 6.30. The van der Waals surface area contributed by atoms with Crippen molar-refractivity contribution in [3.05, 3.63) is 59.1 Å². The van der Waals surface area contributed by atoms with Crippen molar-refractivity contribution in [3.63, 3.8) is 0 Å². The predicted octanol–water partition coefficient (Wildman–Crippen LogP) is 3.53. The van der Waals surface area contributed by atoms with Gasteiger partial charge in [-0.15, -0.1) is 0 Å². The average Bonchev–Trinajstić information content (AvgIpc) is 2.76. The molecule has 1 unspecified atom stereocenters. The Morgan fingerprint density at radius 2 is 1.65 bits per heavy atom. The lowest BCUT2D eigenvalue weighted by molar-refractivity contribution is -0.142. The third-order valence-electron chi connectivity index (χ3n) is 3.94. The first-order valence-corrected chi connectivity index (χ1v) is 10.1. The number of nitrogens with two attached hydrogens (primary N) is 1. The van der Waals surface area contributed by atoms with Gasteiger partial charge in [-0.25, -0.2) is 4.79 Å². The van der Waals surface area contributed by atoms with Crippen LogP contribution in [0.3, 0.4) is 0 Å². The minimum atomic E-state index is -0.828. The Kier molecular flexibility index (Phi) is 11.5. The fourth-order valence-corrected chi connectivity index (χ4v) is 2.47. The van der Waals surface area contributed by atoms with Crippen LogP contribution >= 0.6 is 11.6 Å². The topological polar surface area (TPSA) is 120 Å². The summed E-state index contributed by atoms with van der Waals surface area (Å²) in [6.07, 6.45) is 0.765. The van der Waals surface area contributed by atoms with Crippen molar-refractivity contribution in [1.29, 1.82) is 0 Å². The zero-order valence-electron chi connectivity index (χ0n) is 17.8. The number of halogens is 1. The summed E-state index contributed by atoms with van der Waals surface area (Å²) in [4.78, 5) is 33.8. The second-order valence-electron chi connectivity index (χ2n) is 6.27. The SMILES string of the molecule is CCOC(=O)CC.COc1ccc(CC(NC(=O)Nc2ccc(Cl)cc2)C(N)=O)cc1. The maximum atomic E-state index is 12.0. The number of anilines is 1. The Hall–Kier alpha value is -3.26. The number of hydrogen-bond donors (Lipinski definition) is 3. The molecule has 31 heavy (non-hydrogen) atoms. The Labute approximate surface area is 187 Å². The molecular formula is C22H28ClN3O5. The summed E-state index contributed by atoms with van der Waals surface area (Å²) in [7, 11) is 1.57. The summed E-state index contributed by atoms with van der Waals surface area (Å²) in [5, 5.41) is 5.76. The van der Waals surface area contributed by atoms with E-state index in [1.54, 1.807) is 57.4 Å². The van der Waals surface area contributed by atoms with Crippen LogP contribution < -0.4 is 21.1 Å². The van der Waals surface area contributed by atoms with E-state index in [4.69, 9.17) is 22.1 Å². The normalized spacial score (nSPS) is 10.7. The van der Waals surface area contributed by atoms with E-state index < -0.39 is 18.0 Å². The number of esters is 1. The van der Waals surface area contributed by atoms with Crippen molar-refractivity contribution in [2.45, 2.75) is 32.7 Å². The number of urea groups is 1. The number of ether oxygens (including phenoxy) is 2. The lowest BCUT2D eigenvalue weighted by atomic mass is 10.1. The molecule has 2 rings (SSSR count). The largest absolute Gasteiger partial charge is 0.497 e. The molecule has 0 saturated carbocycles. The molecule has 0 saturated heterocycles. The lowest BCUT2D eigenvalue weighted by Crippen LogP contribution is -2.47. The predicted molar refractivity (Wildman–Crippen MR) is 120 cm³/mol. The minimum absolute atomic E-state index is 0.123. The van der Waals surface area contributed by atoms with Crippen molar-refractivity contribution >= 4 is 35.2 Å². The van der Waals surface area contributed by atoms with E-state index in [9.17, 15) is 14.4 Å². The summed E-state index contributed by atoms with van der Waals surface area (Å²) in [5.41, 5.74) is 6.79. The average molecular weight is 450 g/mol.